The van der Waals surface area contributed by atoms with Crippen LogP contribution in [0.3, 0.4) is 0 Å². The highest BCUT2D eigenvalue weighted by Gasteiger charge is 2.17. The first-order valence-electron chi connectivity index (χ1n) is 7.28. The second-order valence-corrected chi connectivity index (χ2v) is 5.02. The first kappa shape index (κ1) is 20.6. The molecule has 0 bridgehead atoms. The van der Waals surface area contributed by atoms with Crippen LogP contribution in [0.25, 0.3) is 0 Å². The van der Waals surface area contributed by atoms with Crippen molar-refractivity contribution in [3.8, 4) is 0 Å². The van der Waals surface area contributed by atoms with Gasteiger partial charge in [-0.1, -0.05) is 19.9 Å². The molecule has 0 aromatic carbocycles. The summed E-state index contributed by atoms with van der Waals surface area (Å²) >= 11 is 0. The van der Waals surface area contributed by atoms with Crippen LogP contribution in [-0.2, 0) is 28.6 Å². The number of carbonyl (C=O) groups is 3. The van der Waals surface area contributed by atoms with Crippen molar-refractivity contribution in [1.29, 1.82) is 0 Å². The minimum Gasteiger partial charge on any atom is -0.466 e. The molecule has 0 aliphatic heterocycles. The average Bonchev–Trinajstić information content (AvgIpc) is 2.53. The van der Waals surface area contributed by atoms with E-state index in [1.165, 1.54) is 27.9 Å². The van der Waals surface area contributed by atoms with E-state index in [2.05, 4.69) is 11.3 Å². The van der Waals surface area contributed by atoms with Crippen LogP contribution in [0, 0.1) is 0 Å². The highest BCUT2D eigenvalue weighted by molar-refractivity contribution is 5.92. The fraction of sp³-hybridized carbons (Fsp3) is 0.471. The molecule has 128 valence electrons. The van der Waals surface area contributed by atoms with Crippen LogP contribution in [0.1, 0.15) is 47.0 Å². The molecule has 0 aliphatic rings. The van der Waals surface area contributed by atoms with Crippen molar-refractivity contribution in [1.82, 2.24) is 0 Å². The Kier molecular flexibility index (Phi) is 9.30. The number of hydrogen-bond donors (Lipinski definition) is 0. The molecule has 0 aromatic rings. The summed E-state index contributed by atoms with van der Waals surface area (Å²) in [7, 11) is 1.26. The van der Waals surface area contributed by atoms with E-state index in [9.17, 15) is 14.4 Å². The Balaban J connectivity index is 5.09. The van der Waals surface area contributed by atoms with E-state index in [1.54, 1.807) is 0 Å². The van der Waals surface area contributed by atoms with E-state index in [4.69, 9.17) is 9.47 Å². The maximum Gasteiger partial charge on any atom is 0.341 e. The van der Waals surface area contributed by atoms with Crippen molar-refractivity contribution in [2.75, 3.05) is 7.11 Å². The van der Waals surface area contributed by atoms with Gasteiger partial charge in [0, 0.05) is 12.0 Å². The molecule has 0 atom stereocenters. The zero-order chi connectivity index (χ0) is 18.0. The Bertz CT molecular complexity index is 539. The van der Waals surface area contributed by atoms with Gasteiger partial charge in [-0.15, -0.1) is 0 Å². The first-order chi connectivity index (χ1) is 10.7. The summed E-state index contributed by atoms with van der Waals surface area (Å²) in [5.41, 5.74) is 0.541. The molecule has 0 aromatic heterocycles. The predicted octanol–water partition coefficient (Wildman–Crippen LogP) is 3.19. The molecule has 0 fully saturated rings. The van der Waals surface area contributed by atoms with Crippen molar-refractivity contribution in [3.05, 3.63) is 35.3 Å². The van der Waals surface area contributed by atoms with Crippen LogP contribution in [0.2, 0.25) is 0 Å². The highest BCUT2D eigenvalue weighted by Crippen LogP contribution is 2.17. The third kappa shape index (κ3) is 7.44. The summed E-state index contributed by atoms with van der Waals surface area (Å²) in [6.07, 6.45) is 3.07. The van der Waals surface area contributed by atoms with Gasteiger partial charge < -0.3 is 14.2 Å². The minimum atomic E-state index is -0.700. The predicted molar refractivity (Wildman–Crippen MR) is 85.0 cm³/mol. The Morgan fingerprint density at radius 3 is 2.13 bits per heavy atom. The number of carbonyl (C=O) groups excluding carboxylic acids is 3. The van der Waals surface area contributed by atoms with Crippen molar-refractivity contribution in [2.45, 2.75) is 47.0 Å². The molecule has 0 aliphatic carbocycles. The molecule has 0 N–H and O–H groups in total. The quantitative estimate of drug-likeness (QED) is 0.295. The van der Waals surface area contributed by atoms with Crippen molar-refractivity contribution in [2.24, 2.45) is 0 Å². The van der Waals surface area contributed by atoms with Gasteiger partial charge in [0.15, 0.2) is 0 Å². The van der Waals surface area contributed by atoms with Gasteiger partial charge >= 0.3 is 17.9 Å². The molecular weight excluding hydrogens is 300 g/mol. The van der Waals surface area contributed by atoms with Crippen LogP contribution in [0.5, 0.6) is 0 Å². The van der Waals surface area contributed by atoms with Gasteiger partial charge in [0.2, 0.25) is 0 Å². The van der Waals surface area contributed by atoms with E-state index in [0.717, 1.165) is 19.1 Å². The lowest BCUT2D eigenvalue weighted by Gasteiger charge is -2.11. The Morgan fingerprint density at radius 1 is 1.04 bits per heavy atom. The third-order valence-electron chi connectivity index (χ3n) is 2.90. The largest absolute Gasteiger partial charge is 0.466 e. The lowest BCUT2D eigenvalue weighted by molar-refractivity contribution is -0.137. The molecule has 0 spiro atoms. The Hall–Kier alpha value is -2.37. The zero-order valence-electron chi connectivity index (χ0n) is 14.4. The van der Waals surface area contributed by atoms with Gasteiger partial charge in [-0.25, -0.2) is 14.4 Å². The van der Waals surface area contributed by atoms with Gasteiger partial charge in [0.25, 0.3) is 0 Å². The maximum absolute atomic E-state index is 12.0. The fourth-order valence-corrected chi connectivity index (χ4v) is 1.40. The van der Waals surface area contributed by atoms with Crippen molar-refractivity contribution >= 4 is 17.9 Å². The Morgan fingerprint density at radius 2 is 1.65 bits per heavy atom. The lowest BCUT2D eigenvalue weighted by Crippen LogP contribution is -2.12. The van der Waals surface area contributed by atoms with Crippen LogP contribution < -0.4 is 0 Å². The fourth-order valence-electron chi connectivity index (χ4n) is 1.40. The van der Waals surface area contributed by atoms with Gasteiger partial charge in [0.1, 0.15) is 12.0 Å². The minimum absolute atomic E-state index is 0.0891. The van der Waals surface area contributed by atoms with E-state index < -0.39 is 17.9 Å². The first-order valence-corrected chi connectivity index (χ1v) is 7.28. The van der Waals surface area contributed by atoms with E-state index >= 15 is 0 Å². The molecule has 23 heavy (non-hydrogen) atoms. The summed E-state index contributed by atoms with van der Waals surface area (Å²) in [6.45, 7) is 9.89. The highest BCUT2D eigenvalue weighted by atomic mass is 16.6. The van der Waals surface area contributed by atoms with Gasteiger partial charge in [-0.2, -0.15) is 0 Å². The normalized spacial score (nSPS) is 12.1. The number of unbranched alkanes of at least 4 members (excludes halogenated alkanes) is 1. The SMILES string of the molecule is C=C(C)C(=O)OC=C(C)C(=O)OC(CCCC)=C(C)C(=O)OC. The molecule has 0 saturated heterocycles. The van der Waals surface area contributed by atoms with Gasteiger partial charge in [-0.05, 0) is 27.2 Å². The standard InChI is InChI=1S/C17H24O6/c1-7-8-9-14(13(5)17(20)21-6)23-16(19)12(4)10-22-15(18)11(2)3/h10H,2,7-9H2,1,3-6H3. The molecule has 0 radical (unpaired) electrons. The maximum atomic E-state index is 12.0. The summed E-state index contributed by atoms with van der Waals surface area (Å²) in [4.78, 5) is 34.9. The second-order valence-electron chi connectivity index (χ2n) is 5.02. The van der Waals surface area contributed by atoms with Gasteiger partial charge in [0.05, 0.1) is 18.3 Å². The van der Waals surface area contributed by atoms with Crippen LogP contribution in [0.15, 0.2) is 35.3 Å². The van der Waals surface area contributed by atoms with E-state index in [0.29, 0.717) is 6.42 Å². The smallest absolute Gasteiger partial charge is 0.341 e. The van der Waals surface area contributed by atoms with Gasteiger partial charge in [-0.3, -0.25) is 0 Å². The molecule has 0 saturated carbocycles. The summed E-state index contributed by atoms with van der Waals surface area (Å²) in [6, 6.07) is 0. The van der Waals surface area contributed by atoms with Crippen LogP contribution in [-0.4, -0.2) is 25.0 Å². The molecule has 6 heteroatoms. The number of esters is 3. The molecule has 0 heterocycles. The average molecular weight is 324 g/mol. The van der Waals surface area contributed by atoms with E-state index in [-0.39, 0.29) is 22.5 Å². The zero-order valence-corrected chi connectivity index (χ0v) is 14.4. The molecule has 0 amide bonds. The molecule has 6 nitrogen and oxygen atoms in total. The van der Waals surface area contributed by atoms with E-state index in [1.807, 2.05) is 6.92 Å². The lowest BCUT2D eigenvalue weighted by atomic mass is 10.1. The monoisotopic (exact) mass is 324 g/mol. The number of hydrogen-bond acceptors (Lipinski definition) is 6. The molecule has 0 unspecified atom stereocenters. The number of ether oxygens (including phenoxy) is 3. The Labute approximate surface area is 136 Å². The second kappa shape index (κ2) is 10.4. The summed E-state index contributed by atoms with van der Waals surface area (Å²) in [5.74, 6) is -1.64. The molecular formula is C17H24O6. The third-order valence-corrected chi connectivity index (χ3v) is 2.90. The number of allylic oxidation sites excluding steroid dienone is 1. The number of methoxy groups -OCH3 is 1. The van der Waals surface area contributed by atoms with Crippen LogP contribution in [0.4, 0.5) is 0 Å². The molecule has 0 rings (SSSR count). The topological polar surface area (TPSA) is 78.9 Å². The van der Waals surface area contributed by atoms with Crippen molar-refractivity contribution in [3.63, 3.8) is 0 Å². The summed E-state index contributed by atoms with van der Waals surface area (Å²) in [5, 5.41) is 0. The number of rotatable bonds is 8. The van der Waals surface area contributed by atoms with Crippen LogP contribution >= 0.6 is 0 Å². The summed E-state index contributed by atoms with van der Waals surface area (Å²) < 4.78 is 14.7. The van der Waals surface area contributed by atoms with Crippen molar-refractivity contribution < 1.29 is 28.6 Å².